The standard InChI is InChI=1S/C15H14F2N2O2/c1-19(8-9-4-2-3-5-12(9)20)15(21)13-10(16)6-7-11(18)14(13)17/h2-7,20H,8,18H2,1H3. The Kier molecular flexibility index (Phi) is 4.07. The minimum Gasteiger partial charge on any atom is -0.508 e. The number of nitrogen functional groups attached to an aromatic ring is 1. The molecule has 0 bridgehead atoms. The minimum absolute atomic E-state index is 0.00525. The van der Waals surface area contributed by atoms with Gasteiger partial charge in [-0.2, -0.15) is 0 Å². The smallest absolute Gasteiger partial charge is 0.259 e. The molecule has 0 unspecified atom stereocenters. The van der Waals surface area contributed by atoms with Crippen LogP contribution in [0.15, 0.2) is 36.4 Å². The van der Waals surface area contributed by atoms with E-state index in [1.807, 2.05) is 0 Å². The van der Waals surface area contributed by atoms with Crippen LogP contribution in [0.3, 0.4) is 0 Å². The fourth-order valence-corrected chi connectivity index (χ4v) is 1.93. The SMILES string of the molecule is CN(Cc1ccccc1O)C(=O)c1c(F)ccc(N)c1F. The number of carbonyl (C=O) groups excluding carboxylic acids is 1. The molecular formula is C15H14F2N2O2. The zero-order valence-corrected chi connectivity index (χ0v) is 11.3. The quantitative estimate of drug-likeness (QED) is 0.854. The van der Waals surface area contributed by atoms with Crippen LogP contribution in [0, 0.1) is 11.6 Å². The maximum absolute atomic E-state index is 13.8. The van der Waals surface area contributed by atoms with Crippen LogP contribution in [0.25, 0.3) is 0 Å². The van der Waals surface area contributed by atoms with Gasteiger partial charge in [-0.3, -0.25) is 4.79 Å². The van der Waals surface area contributed by atoms with Crippen LogP contribution in [0.5, 0.6) is 5.75 Å². The predicted molar refractivity (Wildman–Crippen MR) is 74.7 cm³/mol. The molecule has 2 rings (SSSR count). The largest absolute Gasteiger partial charge is 0.508 e. The first-order valence-electron chi connectivity index (χ1n) is 6.17. The highest BCUT2D eigenvalue weighted by Gasteiger charge is 2.23. The molecule has 0 fully saturated rings. The molecule has 6 heteroatoms. The molecule has 0 aliphatic rings. The average Bonchev–Trinajstić information content (AvgIpc) is 2.45. The molecule has 2 aromatic carbocycles. The number of hydrogen-bond acceptors (Lipinski definition) is 3. The number of halogens is 2. The van der Waals surface area contributed by atoms with Gasteiger partial charge >= 0.3 is 0 Å². The van der Waals surface area contributed by atoms with Crippen LogP contribution in [-0.4, -0.2) is 23.0 Å². The van der Waals surface area contributed by atoms with Gasteiger partial charge in [-0.1, -0.05) is 18.2 Å². The number of aromatic hydroxyl groups is 1. The number of para-hydroxylation sites is 1. The number of nitrogens with zero attached hydrogens (tertiary/aromatic N) is 1. The second-order valence-corrected chi connectivity index (χ2v) is 4.62. The van der Waals surface area contributed by atoms with Gasteiger partial charge < -0.3 is 15.7 Å². The van der Waals surface area contributed by atoms with E-state index in [0.717, 1.165) is 17.0 Å². The Balaban J connectivity index is 2.29. The molecule has 2 aromatic rings. The number of amides is 1. The maximum atomic E-state index is 13.8. The third-order valence-corrected chi connectivity index (χ3v) is 3.08. The number of carbonyl (C=O) groups is 1. The summed E-state index contributed by atoms with van der Waals surface area (Å²) in [4.78, 5) is 13.3. The molecular weight excluding hydrogens is 278 g/mol. The van der Waals surface area contributed by atoms with Gasteiger partial charge in [-0.15, -0.1) is 0 Å². The van der Waals surface area contributed by atoms with Crippen LogP contribution in [0.2, 0.25) is 0 Å². The van der Waals surface area contributed by atoms with Crippen LogP contribution < -0.4 is 5.73 Å². The Bertz CT molecular complexity index is 689. The molecule has 0 atom stereocenters. The van der Waals surface area contributed by atoms with E-state index in [9.17, 15) is 18.7 Å². The van der Waals surface area contributed by atoms with Gasteiger partial charge in [0.2, 0.25) is 0 Å². The Hall–Kier alpha value is -2.63. The molecule has 21 heavy (non-hydrogen) atoms. The van der Waals surface area contributed by atoms with Crippen LogP contribution in [-0.2, 0) is 6.54 Å². The first-order valence-corrected chi connectivity index (χ1v) is 6.17. The lowest BCUT2D eigenvalue weighted by atomic mass is 10.1. The third kappa shape index (κ3) is 2.94. The predicted octanol–water partition coefficient (Wildman–Crippen LogP) is 2.52. The van der Waals surface area contributed by atoms with Gasteiger partial charge in [0.1, 0.15) is 17.1 Å². The van der Waals surface area contributed by atoms with Crippen molar-refractivity contribution in [2.45, 2.75) is 6.54 Å². The van der Waals surface area contributed by atoms with E-state index in [1.165, 1.54) is 13.1 Å². The van der Waals surface area contributed by atoms with Gasteiger partial charge in [-0.05, 0) is 18.2 Å². The van der Waals surface area contributed by atoms with Crippen molar-refractivity contribution in [1.82, 2.24) is 4.90 Å². The molecule has 0 heterocycles. The summed E-state index contributed by atoms with van der Waals surface area (Å²) in [5.41, 5.74) is 4.83. The van der Waals surface area contributed by atoms with Crippen molar-refractivity contribution in [2.24, 2.45) is 0 Å². The van der Waals surface area contributed by atoms with E-state index in [4.69, 9.17) is 5.73 Å². The van der Waals surface area contributed by atoms with Crippen molar-refractivity contribution in [3.63, 3.8) is 0 Å². The van der Waals surface area contributed by atoms with Crippen molar-refractivity contribution in [3.8, 4) is 5.75 Å². The third-order valence-electron chi connectivity index (χ3n) is 3.08. The van der Waals surface area contributed by atoms with Gasteiger partial charge in [0.25, 0.3) is 5.91 Å². The fourth-order valence-electron chi connectivity index (χ4n) is 1.93. The second kappa shape index (κ2) is 5.78. The van der Waals surface area contributed by atoms with E-state index in [0.29, 0.717) is 5.56 Å². The summed E-state index contributed by atoms with van der Waals surface area (Å²) in [5.74, 6) is -2.90. The molecule has 0 aromatic heterocycles. The number of benzene rings is 2. The van der Waals surface area contributed by atoms with E-state index in [1.54, 1.807) is 18.2 Å². The maximum Gasteiger partial charge on any atom is 0.259 e. The number of nitrogens with two attached hydrogens (primary N) is 1. The highest BCUT2D eigenvalue weighted by atomic mass is 19.1. The van der Waals surface area contributed by atoms with Gasteiger partial charge in [0.15, 0.2) is 5.82 Å². The lowest BCUT2D eigenvalue weighted by Crippen LogP contribution is -2.28. The summed E-state index contributed by atoms with van der Waals surface area (Å²) in [5, 5.41) is 9.66. The molecule has 0 spiro atoms. The Labute approximate surface area is 120 Å². The van der Waals surface area contributed by atoms with E-state index < -0.39 is 23.1 Å². The highest BCUT2D eigenvalue weighted by Crippen LogP contribution is 2.22. The first-order chi connectivity index (χ1) is 9.91. The van der Waals surface area contributed by atoms with Crippen molar-refractivity contribution in [3.05, 3.63) is 59.2 Å². The van der Waals surface area contributed by atoms with Crippen molar-refractivity contribution in [1.29, 1.82) is 0 Å². The summed E-state index contributed by atoms with van der Waals surface area (Å²) < 4.78 is 27.5. The Morgan fingerprint density at radius 3 is 2.57 bits per heavy atom. The minimum atomic E-state index is -1.08. The van der Waals surface area contributed by atoms with E-state index >= 15 is 0 Å². The molecule has 0 saturated carbocycles. The fraction of sp³-hybridized carbons (Fsp3) is 0.133. The number of hydrogen-bond donors (Lipinski definition) is 2. The van der Waals surface area contributed by atoms with Gasteiger partial charge in [0, 0.05) is 19.2 Å². The summed E-state index contributed by atoms with van der Waals surface area (Å²) in [6, 6.07) is 8.41. The summed E-state index contributed by atoms with van der Waals surface area (Å²) in [6.45, 7) is 0.0131. The highest BCUT2D eigenvalue weighted by molar-refractivity contribution is 5.95. The topological polar surface area (TPSA) is 66.6 Å². The first kappa shape index (κ1) is 14.8. The molecule has 110 valence electrons. The number of phenolic OH excluding ortho intramolecular Hbond substituents is 1. The number of phenols is 1. The monoisotopic (exact) mass is 292 g/mol. The Morgan fingerprint density at radius 2 is 1.90 bits per heavy atom. The van der Waals surface area contributed by atoms with E-state index in [2.05, 4.69) is 0 Å². The lowest BCUT2D eigenvalue weighted by molar-refractivity contribution is 0.0775. The summed E-state index contributed by atoms with van der Waals surface area (Å²) in [7, 11) is 1.39. The van der Waals surface area contributed by atoms with Gasteiger partial charge in [0.05, 0.1) is 5.69 Å². The van der Waals surface area contributed by atoms with Crippen LogP contribution >= 0.6 is 0 Å². The van der Waals surface area contributed by atoms with Crippen molar-refractivity contribution in [2.75, 3.05) is 12.8 Å². The molecule has 3 N–H and O–H groups in total. The van der Waals surface area contributed by atoms with E-state index in [-0.39, 0.29) is 18.0 Å². The molecule has 1 amide bonds. The lowest BCUT2D eigenvalue weighted by Gasteiger charge is -2.19. The zero-order valence-electron chi connectivity index (χ0n) is 11.3. The molecule has 0 aliphatic carbocycles. The summed E-state index contributed by atoms with van der Waals surface area (Å²) in [6.07, 6.45) is 0. The average molecular weight is 292 g/mol. The molecule has 0 aliphatic heterocycles. The Morgan fingerprint density at radius 1 is 1.24 bits per heavy atom. The van der Waals surface area contributed by atoms with Crippen molar-refractivity contribution >= 4 is 11.6 Å². The number of anilines is 1. The van der Waals surface area contributed by atoms with Crippen LogP contribution in [0.1, 0.15) is 15.9 Å². The molecule has 0 saturated heterocycles. The summed E-state index contributed by atoms with van der Waals surface area (Å²) >= 11 is 0. The normalized spacial score (nSPS) is 10.4. The number of rotatable bonds is 3. The second-order valence-electron chi connectivity index (χ2n) is 4.62. The zero-order chi connectivity index (χ0) is 15.6. The van der Waals surface area contributed by atoms with Gasteiger partial charge in [-0.25, -0.2) is 8.78 Å². The van der Waals surface area contributed by atoms with Crippen LogP contribution in [0.4, 0.5) is 14.5 Å². The van der Waals surface area contributed by atoms with Crippen molar-refractivity contribution < 1.29 is 18.7 Å². The molecule has 4 nitrogen and oxygen atoms in total. The molecule has 0 radical (unpaired) electrons.